The standard InChI is InChI=1S/C7H9INO2/c1-2-3-5-4-6(10)9-7(11)8-5/h4H,2-3H2,1H3,(H,9,10,11)/q-1. The summed E-state index contributed by atoms with van der Waals surface area (Å²) in [4.78, 5) is 21.6. The van der Waals surface area contributed by atoms with E-state index in [0.29, 0.717) is 0 Å². The number of rotatable bonds is 2. The van der Waals surface area contributed by atoms with Crippen molar-refractivity contribution in [3.05, 3.63) is 9.66 Å². The van der Waals surface area contributed by atoms with Crippen molar-refractivity contribution >= 4 is 9.82 Å². The van der Waals surface area contributed by atoms with E-state index in [-0.39, 0.29) is 9.82 Å². The Balaban J connectivity index is 2.64. The first-order valence-corrected chi connectivity index (χ1v) is 5.58. The summed E-state index contributed by atoms with van der Waals surface area (Å²) < 4.78 is 0.986. The molecule has 0 unspecified atom stereocenters. The number of halogens is 1. The van der Waals surface area contributed by atoms with Crippen LogP contribution in [0.1, 0.15) is 19.8 Å². The van der Waals surface area contributed by atoms with Gasteiger partial charge in [0.1, 0.15) is 0 Å². The third-order valence-corrected chi connectivity index (χ3v) is 3.51. The fourth-order valence-electron chi connectivity index (χ4n) is 0.795. The first-order chi connectivity index (χ1) is 5.22. The topological polar surface area (TPSA) is 46.2 Å². The molecule has 3 nitrogen and oxygen atoms in total. The zero-order chi connectivity index (χ0) is 8.27. The molecule has 1 aliphatic heterocycles. The Bertz CT molecular complexity index is 222. The number of imide groups is 1. The second-order valence-corrected chi connectivity index (χ2v) is 5.10. The molecule has 1 heterocycles. The number of allylic oxidation sites excluding steroid dienone is 1. The Morgan fingerprint density at radius 3 is 2.82 bits per heavy atom. The van der Waals surface area contributed by atoms with Gasteiger partial charge in [-0.2, -0.15) is 0 Å². The number of carbonyl (C=O) groups excluding carboxylic acids is 2. The fraction of sp³-hybridized carbons (Fsp3) is 0.429. The Morgan fingerprint density at radius 1 is 1.55 bits per heavy atom. The van der Waals surface area contributed by atoms with Gasteiger partial charge in [0.05, 0.1) is 0 Å². The van der Waals surface area contributed by atoms with E-state index in [0.717, 1.165) is 16.4 Å². The van der Waals surface area contributed by atoms with Crippen LogP contribution in [0, 0.1) is 0 Å². The van der Waals surface area contributed by atoms with Crippen LogP contribution in [0.2, 0.25) is 0 Å². The summed E-state index contributed by atoms with van der Waals surface area (Å²) in [5, 5.41) is 2.26. The summed E-state index contributed by atoms with van der Waals surface area (Å²) >= 11 is -0.557. The maximum atomic E-state index is 10.8. The molecule has 4 heteroatoms. The van der Waals surface area contributed by atoms with E-state index in [4.69, 9.17) is 0 Å². The van der Waals surface area contributed by atoms with E-state index in [1.54, 1.807) is 6.08 Å². The first kappa shape index (κ1) is 8.70. The van der Waals surface area contributed by atoms with E-state index in [2.05, 4.69) is 5.32 Å². The number of hydrogen-bond donors (Lipinski definition) is 1. The third kappa shape index (κ3) is 2.61. The van der Waals surface area contributed by atoms with Gasteiger partial charge in [-0.15, -0.1) is 0 Å². The van der Waals surface area contributed by atoms with Crippen molar-refractivity contribution in [2.24, 2.45) is 0 Å². The van der Waals surface area contributed by atoms with Gasteiger partial charge in [-0.05, 0) is 0 Å². The molecule has 1 N–H and O–H groups in total. The van der Waals surface area contributed by atoms with Gasteiger partial charge in [0.2, 0.25) is 0 Å². The summed E-state index contributed by atoms with van der Waals surface area (Å²) in [5.74, 6) is -0.246. The van der Waals surface area contributed by atoms with Crippen LogP contribution in [0.4, 0.5) is 4.79 Å². The van der Waals surface area contributed by atoms with E-state index < -0.39 is 21.2 Å². The Labute approximate surface area is 75.5 Å². The van der Waals surface area contributed by atoms with E-state index in [1.807, 2.05) is 6.92 Å². The van der Waals surface area contributed by atoms with Gasteiger partial charge in [-0.3, -0.25) is 0 Å². The minimum absolute atomic E-state index is 0.0697. The predicted molar refractivity (Wildman–Crippen MR) is 36.5 cm³/mol. The molecule has 0 aromatic rings. The molecule has 0 radical (unpaired) electrons. The summed E-state index contributed by atoms with van der Waals surface area (Å²) in [6, 6.07) is 0. The van der Waals surface area contributed by atoms with Crippen molar-refractivity contribution in [1.29, 1.82) is 0 Å². The fourth-order valence-corrected chi connectivity index (χ4v) is 3.07. The van der Waals surface area contributed by atoms with Crippen LogP contribution in [-0.2, 0) is 4.79 Å². The summed E-state index contributed by atoms with van der Waals surface area (Å²) in [6.45, 7) is 2.04. The summed E-state index contributed by atoms with van der Waals surface area (Å²) in [7, 11) is 0. The van der Waals surface area contributed by atoms with E-state index in [9.17, 15) is 9.59 Å². The van der Waals surface area contributed by atoms with E-state index in [1.165, 1.54) is 0 Å². The Hall–Kier alpha value is -0.390. The SMILES string of the molecule is CCCC1=CC(=O)NC(=O)[I-]1. The molecule has 1 rings (SSSR count). The van der Waals surface area contributed by atoms with Gasteiger partial charge in [0.15, 0.2) is 0 Å². The van der Waals surface area contributed by atoms with Gasteiger partial charge in [0, 0.05) is 0 Å². The average molecular weight is 266 g/mol. The van der Waals surface area contributed by atoms with Crippen LogP contribution in [0.25, 0.3) is 0 Å². The second-order valence-electron chi connectivity index (χ2n) is 2.20. The van der Waals surface area contributed by atoms with Crippen molar-refractivity contribution in [3.63, 3.8) is 0 Å². The van der Waals surface area contributed by atoms with Crippen LogP contribution >= 0.6 is 0 Å². The predicted octanol–water partition coefficient (Wildman–Crippen LogP) is -1.99. The van der Waals surface area contributed by atoms with Gasteiger partial charge >= 0.3 is 75.4 Å². The summed E-state index contributed by atoms with van der Waals surface area (Å²) in [5.41, 5.74) is 0. The van der Waals surface area contributed by atoms with Gasteiger partial charge in [-0.1, -0.05) is 0 Å². The van der Waals surface area contributed by atoms with Crippen LogP contribution in [0.15, 0.2) is 9.66 Å². The number of carbonyl (C=O) groups is 2. The number of hydrogen-bond acceptors (Lipinski definition) is 2. The van der Waals surface area contributed by atoms with Crippen molar-refractivity contribution in [1.82, 2.24) is 5.32 Å². The molecule has 0 saturated heterocycles. The third-order valence-electron chi connectivity index (χ3n) is 1.21. The van der Waals surface area contributed by atoms with Gasteiger partial charge < -0.3 is 0 Å². The molecule has 0 aliphatic carbocycles. The Morgan fingerprint density at radius 2 is 2.27 bits per heavy atom. The van der Waals surface area contributed by atoms with Crippen molar-refractivity contribution in [2.45, 2.75) is 19.8 Å². The number of nitrogens with one attached hydrogen (secondary N) is 1. The van der Waals surface area contributed by atoms with Crippen LogP contribution in [-0.4, -0.2) is 9.82 Å². The number of amides is 2. The molecule has 0 saturated carbocycles. The van der Waals surface area contributed by atoms with Crippen molar-refractivity contribution in [2.75, 3.05) is 0 Å². The monoisotopic (exact) mass is 266 g/mol. The molecular weight excluding hydrogens is 257 g/mol. The Kier molecular flexibility index (Phi) is 3.04. The quantitative estimate of drug-likeness (QED) is 0.357. The first-order valence-electron chi connectivity index (χ1n) is 3.42. The zero-order valence-electron chi connectivity index (χ0n) is 6.19. The van der Waals surface area contributed by atoms with Crippen LogP contribution in [0.5, 0.6) is 0 Å². The molecule has 0 aromatic heterocycles. The molecule has 2 amide bonds. The zero-order valence-corrected chi connectivity index (χ0v) is 8.34. The van der Waals surface area contributed by atoms with Crippen molar-refractivity contribution < 1.29 is 30.8 Å². The van der Waals surface area contributed by atoms with E-state index >= 15 is 0 Å². The molecule has 0 bridgehead atoms. The average Bonchev–Trinajstić information content (AvgIpc) is 1.85. The molecular formula is C7H9INO2-. The van der Waals surface area contributed by atoms with Crippen LogP contribution < -0.4 is 26.5 Å². The molecule has 0 fully saturated rings. The second kappa shape index (κ2) is 3.85. The van der Waals surface area contributed by atoms with Crippen molar-refractivity contribution in [3.8, 4) is 0 Å². The molecule has 0 spiro atoms. The molecule has 62 valence electrons. The molecule has 11 heavy (non-hydrogen) atoms. The normalized spacial score (nSPS) is 18.5. The maximum absolute atomic E-state index is 10.8. The minimum atomic E-state index is -0.557. The van der Waals surface area contributed by atoms with Gasteiger partial charge in [0.25, 0.3) is 0 Å². The van der Waals surface area contributed by atoms with Gasteiger partial charge in [-0.25, -0.2) is 0 Å². The molecule has 0 aromatic carbocycles. The molecule has 0 atom stereocenters. The molecule has 1 aliphatic rings. The van der Waals surface area contributed by atoms with Crippen LogP contribution in [0.3, 0.4) is 0 Å². The summed E-state index contributed by atoms with van der Waals surface area (Å²) in [6.07, 6.45) is 3.47.